The molecule has 1 atom stereocenters. The molecule has 3 rings (SSSR count). The predicted molar refractivity (Wildman–Crippen MR) is 127 cm³/mol. The second-order valence-electron chi connectivity index (χ2n) is 8.00. The maximum Gasteiger partial charge on any atom is 0.274 e. The fraction of sp³-hybridized carbons (Fsp3) is 0.500. The van der Waals surface area contributed by atoms with Crippen LogP contribution in [0.15, 0.2) is 35.6 Å². The Morgan fingerprint density at radius 1 is 1.31 bits per heavy atom. The lowest BCUT2D eigenvalue weighted by Crippen LogP contribution is -2.41. The van der Waals surface area contributed by atoms with E-state index in [0.717, 1.165) is 17.7 Å². The van der Waals surface area contributed by atoms with Crippen molar-refractivity contribution in [2.45, 2.75) is 56.6 Å². The molecule has 0 N–H and O–H groups in total. The van der Waals surface area contributed by atoms with E-state index >= 15 is 0 Å². The molecule has 1 saturated heterocycles. The zero-order valence-corrected chi connectivity index (χ0v) is 20.8. The van der Waals surface area contributed by atoms with Gasteiger partial charge in [-0.25, -0.2) is 18.4 Å². The number of rotatable bonds is 9. The van der Waals surface area contributed by atoms with E-state index in [1.807, 2.05) is 45.0 Å². The average Bonchev–Trinajstić information content (AvgIpc) is 3.11. The van der Waals surface area contributed by atoms with E-state index in [4.69, 9.17) is 16.3 Å². The second kappa shape index (κ2) is 10.9. The third-order valence-corrected chi connectivity index (χ3v) is 7.83. The van der Waals surface area contributed by atoms with E-state index in [1.54, 1.807) is 4.90 Å². The number of hydrogen-bond donors (Lipinski definition) is 0. The van der Waals surface area contributed by atoms with Gasteiger partial charge in [0.15, 0.2) is 20.7 Å². The molecule has 0 radical (unpaired) electrons. The summed E-state index contributed by atoms with van der Waals surface area (Å²) in [6.45, 7) is 6.94. The van der Waals surface area contributed by atoms with Gasteiger partial charge in [-0.3, -0.25) is 4.79 Å². The lowest BCUT2D eigenvalue weighted by molar-refractivity contribution is 0.0674. The summed E-state index contributed by atoms with van der Waals surface area (Å²) in [6.07, 6.45) is 2.73. The number of halogens is 1. The Bertz CT molecular complexity index is 1050. The van der Waals surface area contributed by atoms with Gasteiger partial charge in [0.25, 0.3) is 5.91 Å². The first kappa shape index (κ1) is 24.8. The van der Waals surface area contributed by atoms with Gasteiger partial charge in [0.05, 0.1) is 29.3 Å². The Balaban J connectivity index is 1.89. The Labute approximate surface area is 198 Å². The van der Waals surface area contributed by atoms with Crippen molar-refractivity contribution in [3.63, 3.8) is 0 Å². The van der Waals surface area contributed by atoms with Crippen LogP contribution in [0.2, 0.25) is 5.02 Å². The van der Waals surface area contributed by atoms with Crippen molar-refractivity contribution in [3.8, 4) is 5.75 Å². The highest BCUT2D eigenvalue weighted by atomic mass is 35.5. The molecule has 1 aliphatic heterocycles. The van der Waals surface area contributed by atoms with Crippen molar-refractivity contribution in [2.24, 2.45) is 0 Å². The van der Waals surface area contributed by atoms with Crippen molar-refractivity contribution in [3.05, 3.63) is 46.7 Å². The van der Waals surface area contributed by atoms with E-state index in [9.17, 15) is 13.2 Å². The SMILES string of the molecule is CCCOc1ccc(CN(C(=O)c2nc(SC(C)C)ncc2Cl)C2CCS(=O)(=O)C2)cc1. The summed E-state index contributed by atoms with van der Waals surface area (Å²) in [7, 11) is -3.18. The van der Waals surface area contributed by atoms with Gasteiger partial charge in [0.1, 0.15) is 5.75 Å². The third-order valence-electron chi connectivity index (χ3n) is 4.92. The maximum atomic E-state index is 13.5. The lowest BCUT2D eigenvalue weighted by Gasteiger charge is -2.28. The molecule has 0 bridgehead atoms. The molecule has 1 unspecified atom stereocenters. The molecule has 10 heteroatoms. The number of benzene rings is 1. The molecule has 7 nitrogen and oxygen atoms in total. The standard InChI is InChI=1S/C22H28ClN3O4S2/c1-4-10-30-18-7-5-16(6-8-18)13-26(17-9-11-32(28,29)14-17)21(27)20-19(23)12-24-22(25-20)31-15(2)3/h5-8,12,15,17H,4,9-11,13-14H2,1-3H3. The zero-order chi connectivity index (χ0) is 23.3. The normalized spacial score (nSPS) is 17.5. The molecule has 2 heterocycles. The highest BCUT2D eigenvalue weighted by Crippen LogP contribution is 2.27. The average molecular weight is 498 g/mol. The lowest BCUT2D eigenvalue weighted by atomic mass is 10.1. The highest BCUT2D eigenvalue weighted by Gasteiger charge is 2.36. The number of aromatic nitrogens is 2. The minimum absolute atomic E-state index is 0.0628. The van der Waals surface area contributed by atoms with E-state index in [0.29, 0.717) is 18.2 Å². The number of carbonyl (C=O) groups is 1. The topological polar surface area (TPSA) is 89.5 Å². The van der Waals surface area contributed by atoms with Gasteiger partial charge in [-0.05, 0) is 30.5 Å². The molecule has 1 fully saturated rings. The van der Waals surface area contributed by atoms with E-state index in [2.05, 4.69) is 9.97 Å². The van der Waals surface area contributed by atoms with Gasteiger partial charge in [-0.2, -0.15) is 0 Å². The molecule has 0 spiro atoms. The fourth-order valence-electron chi connectivity index (χ4n) is 3.40. The van der Waals surface area contributed by atoms with Gasteiger partial charge in [0.2, 0.25) is 0 Å². The van der Waals surface area contributed by atoms with Crippen molar-refractivity contribution < 1.29 is 17.9 Å². The quantitative estimate of drug-likeness (QED) is 0.378. The second-order valence-corrected chi connectivity index (χ2v) is 12.2. The van der Waals surface area contributed by atoms with Crippen LogP contribution in [0.4, 0.5) is 0 Å². The van der Waals surface area contributed by atoms with Gasteiger partial charge < -0.3 is 9.64 Å². The van der Waals surface area contributed by atoms with Gasteiger partial charge in [-0.1, -0.05) is 56.3 Å². The Kier molecular flexibility index (Phi) is 8.41. The van der Waals surface area contributed by atoms with Gasteiger partial charge in [0, 0.05) is 17.8 Å². The first-order valence-electron chi connectivity index (χ1n) is 10.6. The summed E-state index contributed by atoms with van der Waals surface area (Å²) < 4.78 is 29.9. The van der Waals surface area contributed by atoms with Gasteiger partial charge in [-0.15, -0.1) is 0 Å². The van der Waals surface area contributed by atoms with E-state index in [-0.39, 0.29) is 34.0 Å². The van der Waals surface area contributed by atoms with Crippen LogP contribution in [-0.2, 0) is 16.4 Å². The summed E-state index contributed by atoms with van der Waals surface area (Å²) in [6, 6.07) is 7.05. The summed E-state index contributed by atoms with van der Waals surface area (Å²) in [5, 5.41) is 0.852. The number of sulfone groups is 1. The number of ether oxygens (including phenoxy) is 1. The number of carbonyl (C=O) groups excluding carboxylic acids is 1. The Morgan fingerprint density at radius 2 is 2.03 bits per heavy atom. The molecule has 32 heavy (non-hydrogen) atoms. The molecule has 1 amide bonds. The van der Waals surface area contributed by atoms with Crippen molar-refractivity contribution in [1.82, 2.24) is 14.9 Å². The Morgan fingerprint density at radius 3 is 2.62 bits per heavy atom. The van der Waals surface area contributed by atoms with Crippen molar-refractivity contribution in [1.29, 1.82) is 0 Å². The maximum absolute atomic E-state index is 13.5. The van der Waals surface area contributed by atoms with Crippen LogP contribution in [0.1, 0.15) is 49.7 Å². The molecule has 1 aliphatic rings. The fourth-order valence-corrected chi connectivity index (χ4v) is 5.98. The molecular weight excluding hydrogens is 470 g/mol. The van der Waals surface area contributed by atoms with Gasteiger partial charge >= 0.3 is 0 Å². The number of amides is 1. The van der Waals surface area contributed by atoms with Crippen LogP contribution in [-0.4, -0.2) is 58.6 Å². The number of hydrogen-bond acceptors (Lipinski definition) is 7. The molecule has 0 saturated carbocycles. The molecule has 1 aromatic carbocycles. The monoisotopic (exact) mass is 497 g/mol. The minimum atomic E-state index is -3.18. The highest BCUT2D eigenvalue weighted by molar-refractivity contribution is 7.99. The summed E-state index contributed by atoms with van der Waals surface area (Å²) in [5.41, 5.74) is 0.963. The van der Waals surface area contributed by atoms with Crippen LogP contribution >= 0.6 is 23.4 Å². The van der Waals surface area contributed by atoms with Crippen molar-refractivity contribution >= 4 is 39.1 Å². The smallest absolute Gasteiger partial charge is 0.274 e. The van der Waals surface area contributed by atoms with Crippen LogP contribution in [0, 0.1) is 0 Å². The first-order chi connectivity index (χ1) is 15.2. The van der Waals surface area contributed by atoms with Crippen LogP contribution in [0.25, 0.3) is 0 Å². The van der Waals surface area contributed by atoms with Crippen LogP contribution < -0.4 is 4.74 Å². The van der Waals surface area contributed by atoms with Crippen molar-refractivity contribution in [2.75, 3.05) is 18.1 Å². The van der Waals surface area contributed by atoms with Crippen LogP contribution in [0.5, 0.6) is 5.75 Å². The molecule has 2 aromatic rings. The summed E-state index contributed by atoms with van der Waals surface area (Å²) in [5.74, 6) is 0.367. The van der Waals surface area contributed by atoms with E-state index < -0.39 is 21.8 Å². The van der Waals surface area contributed by atoms with Crippen LogP contribution in [0.3, 0.4) is 0 Å². The largest absolute Gasteiger partial charge is 0.494 e. The zero-order valence-electron chi connectivity index (χ0n) is 18.5. The predicted octanol–water partition coefficient (Wildman–Crippen LogP) is 4.25. The van der Waals surface area contributed by atoms with E-state index in [1.165, 1.54) is 18.0 Å². The Hall–Kier alpha value is -1.84. The molecule has 174 valence electrons. The number of nitrogens with zero attached hydrogens (tertiary/aromatic N) is 3. The molecular formula is C22H28ClN3O4S2. The minimum Gasteiger partial charge on any atom is -0.494 e. The molecule has 0 aliphatic carbocycles. The molecule has 1 aromatic heterocycles. The summed E-state index contributed by atoms with van der Waals surface area (Å²) >= 11 is 7.72. The third kappa shape index (κ3) is 6.59. The number of thioether (sulfide) groups is 1. The first-order valence-corrected chi connectivity index (χ1v) is 13.7. The summed E-state index contributed by atoms with van der Waals surface area (Å²) in [4.78, 5) is 23.7.